The molecule has 0 spiro atoms. The molecule has 1 unspecified atom stereocenters. The van der Waals surface area contributed by atoms with Gasteiger partial charge in [-0.1, -0.05) is 5.16 Å². The summed E-state index contributed by atoms with van der Waals surface area (Å²) in [5.74, 6) is 0.721. The minimum absolute atomic E-state index is 0.0427. The van der Waals surface area contributed by atoms with Gasteiger partial charge in [0.15, 0.2) is 15.7 Å². The summed E-state index contributed by atoms with van der Waals surface area (Å²) < 4.78 is 24.4. The molecule has 4 N–H and O–H groups in total. The average Bonchev–Trinajstić information content (AvgIpc) is 3.31. The molecule has 1 aliphatic carbocycles. The maximum Gasteiger partial charge on any atom is 0.179 e. The van der Waals surface area contributed by atoms with Crippen molar-refractivity contribution in [1.29, 1.82) is 0 Å². The van der Waals surface area contributed by atoms with Crippen molar-refractivity contribution in [2.75, 3.05) is 12.3 Å². The van der Waals surface area contributed by atoms with Crippen LogP contribution in [0.2, 0.25) is 0 Å². The molecule has 0 heterocycles. The standard InChI is InChI=1S/C14H21N3O3S/c1-10(11-2-3-11)16-8-9-21(19,20)13-6-4-12(5-7-13)14(15)17-18/h4-7,10-11,16,18H,2-3,8-9H2,1H3,(H2,15,17). The molecule has 1 aliphatic rings. The lowest BCUT2D eigenvalue weighted by Crippen LogP contribution is -2.32. The van der Waals surface area contributed by atoms with Gasteiger partial charge < -0.3 is 16.3 Å². The first-order valence-electron chi connectivity index (χ1n) is 6.98. The fourth-order valence-corrected chi connectivity index (χ4v) is 3.37. The van der Waals surface area contributed by atoms with Crippen LogP contribution in [0.3, 0.4) is 0 Å². The second kappa shape index (κ2) is 6.44. The van der Waals surface area contributed by atoms with Gasteiger partial charge in [-0.15, -0.1) is 0 Å². The fraction of sp³-hybridized carbons (Fsp3) is 0.500. The first-order chi connectivity index (χ1) is 9.94. The second-order valence-corrected chi connectivity index (χ2v) is 7.52. The van der Waals surface area contributed by atoms with Crippen molar-refractivity contribution >= 4 is 15.7 Å². The number of nitrogens with one attached hydrogen (secondary N) is 1. The normalized spacial score (nSPS) is 17.7. The van der Waals surface area contributed by atoms with Gasteiger partial charge in [-0.2, -0.15) is 0 Å². The van der Waals surface area contributed by atoms with E-state index in [0.29, 0.717) is 24.1 Å². The molecule has 0 radical (unpaired) electrons. The first kappa shape index (κ1) is 15.8. The Kier molecular flexibility index (Phi) is 4.84. The molecule has 0 aromatic heterocycles. The van der Waals surface area contributed by atoms with Gasteiger partial charge in [0.25, 0.3) is 0 Å². The van der Waals surface area contributed by atoms with Gasteiger partial charge in [0, 0.05) is 18.2 Å². The van der Waals surface area contributed by atoms with Gasteiger partial charge in [0.2, 0.25) is 0 Å². The van der Waals surface area contributed by atoms with Crippen molar-refractivity contribution in [1.82, 2.24) is 5.32 Å². The van der Waals surface area contributed by atoms with E-state index in [1.54, 1.807) is 0 Å². The topological polar surface area (TPSA) is 105 Å². The quantitative estimate of drug-likeness (QED) is 0.301. The van der Waals surface area contributed by atoms with Gasteiger partial charge in [0.1, 0.15) is 0 Å². The predicted octanol–water partition coefficient (Wildman–Crippen LogP) is 0.943. The first-order valence-corrected chi connectivity index (χ1v) is 8.63. The van der Waals surface area contributed by atoms with E-state index in [0.717, 1.165) is 0 Å². The van der Waals surface area contributed by atoms with E-state index < -0.39 is 9.84 Å². The summed E-state index contributed by atoms with van der Waals surface area (Å²) in [4.78, 5) is 0.248. The Morgan fingerprint density at radius 1 is 1.43 bits per heavy atom. The van der Waals surface area contributed by atoms with Crippen LogP contribution in [0.4, 0.5) is 0 Å². The lowest BCUT2D eigenvalue weighted by Gasteiger charge is -2.12. The van der Waals surface area contributed by atoms with Gasteiger partial charge in [-0.3, -0.25) is 0 Å². The van der Waals surface area contributed by atoms with E-state index in [1.165, 1.54) is 37.1 Å². The third kappa shape index (κ3) is 4.18. The summed E-state index contributed by atoms with van der Waals surface area (Å²) >= 11 is 0. The van der Waals surface area contributed by atoms with Crippen LogP contribution in [-0.4, -0.2) is 37.8 Å². The van der Waals surface area contributed by atoms with E-state index in [2.05, 4.69) is 17.4 Å². The summed E-state index contributed by atoms with van der Waals surface area (Å²) in [6.45, 7) is 2.54. The van der Waals surface area contributed by atoms with E-state index >= 15 is 0 Å². The van der Waals surface area contributed by atoms with E-state index in [4.69, 9.17) is 10.9 Å². The SMILES string of the molecule is CC(NCCS(=O)(=O)c1ccc(/C(N)=N/O)cc1)C1CC1. The van der Waals surface area contributed by atoms with Crippen LogP contribution in [0, 0.1) is 5.92 Å². The van der Waals surface area contributed by atoms with Crippen LogP contribution in [-0.2, 0) is 9.84 Å². The van der Waals surface area contributed by atoms with Gasteiger partial charge >= 0.3 is 0 Å². The third-order valence-corrected chi connectivity index (χ3v) is 5.52. The molecule has 1 saturated carbocycles. The summed E-state index contributed by atoms with van der Waals surface area (Å²) in [6, 6.07) is 6.40. The highest BCUT2D eigenvalue weighted by Gasteiger charge is 2.27. The molecule has 116 valence electrons. The molecule has 1 aromatic rings. The predicted molar refractivity (Wildman–Crippen MR) is 81.2 cm³/mol. The summed E-state index contributed by atoms with van der Waals surface area (Å²) in [7, 11) is -3.32. The van der Waals surface area contributed by atoms with Gasteiger partial charge in [-0.05, 0) is 49.9 Å². The Morgan fingerprint density at radius 2 is 2.05 bits per heavy atom. The van der Waals surface area contributed by atoms with Gasteiger partial charge in [-0.25, -0.2) is 8.42 Å². The largest absolute Gasteiger partial charge is 0.409 e. The van der Waals surface area contributed by atoms with E-state index in [9.17, 15) is 8.42 Å². The highest BCUT2D eigenvalue weighted by molar-refractivity contribution is 7.91. The Hall–Kier alpha value is -1.60. The zero-order valence-electron chi connectivity index (χ0n) is 12.0. The van der Waals surface area contributed by atoms with Crippen molar-refractivity contribution in [3.63, 3.8) is 0 Å². The molecule has 1 aromatic carbocycles. The molecule has 0 amide bonds. The van der Waals surface area contributed by atoms with Crippen molar-refractivity contribution in [3.8, 4) is 0 Å². The number of amidine groups is 1. The Balaban J connectivity index is 1.95. The number of hydrogen-bond acceptors (Lipinski definition) is 5. The molecule has 1 atom stereocenters. The number of oxime groups is 1. The minimum Gasteiger partial charge on any atom is -0.409 e. The fourth-order valence-electron chi connectivity index (χ4n) is 2.19. The van der Waals surface area contributed by atoms with Crippen molar-refractivity contribution in [2.45, 2.75) is 30.7 Å². The maximum atomic E-state index is 12.2. The van der Waals surface area contributed by atoms with Gasteiger partial charge in [0.05, 0.1) is 10.6 Å². The molecule has 7 heteroatoms. The van der Waals surface area contributed by atoms with Crippen LogP contribution in [0.15, 0.2) is 34.3 Å². The zero-order valence-corrected chi connectivity index (χ0v) is 12.8. The second-order valence-electron chi connectivity index (χ2n) is 5.41. The van der Waals surface area contributed by atoms with Crippen molar-refractivity contribution in [3.05, 3.63) is 29.8 Å². The Labute approximate surface area is 125 Å². The highest BCUT2D eigenvalue weighted by Crippen LogP contribution is 2.32. The monoisotopic (exact) mass is 311 g/mol. The van der Waals surface area contributed by atoms with Crippen LogP contribution in [0.25, 0.3) is 0 Å². The Morgan fingerprint density at radius 3 is 2.57 bits per heavy atom. The molecule has 0 bridgehead atoms. The molecule has 0 saturated heterocycles. The molecule has 2 rings (SSSR count). The zero-order chi connectivity index (χ0) is 15.5. The molecule has 1 fully saturated rings. The van der Waals surface area contributed by atoms with Crippen LogP contribution >= 0.6 is 0 Å². The average molecular weight is 311 g/mol. The number of rotatable bonds is 7. The van der Waals surface area contributed by atoms with Crippen molar-refractivity contribution < 1.29 is 13.6 Å². The molecule has 6 nitrogen and oxygen atoms in total. The molecular formula is C14H21N3O3S. The maximum absolute atomic E-state index is 12.2. The minimum atomic E-state index is -3.32. The molecular weight excluding hydrogens is 290 g/mol. The molecule has 0 aliphatic heterocycles. The number of sulfone groups is 1. The van der Waals surface area contributed by atoms with E-state index in [-0.39, 0.29) is 16.5 Å². The van der Waals surface area contributed by atoms with Crippen LogP contribution in [0.5, 0.6) is 0 Å². The third-order valence-electron chi connectivity index (χ3n) is 3.78. The summed E-state index contributed by atoms with van der Waals surface area (Å²) in [5.41, 5.74) is 5.92. The Bertz CT molecular complexity index is 607. The van der Waals surface area contributed by atoms with E-state index in [1.807, 2.05) is 0 Å². The number of benzene rings is 1. The number of hydrogen-bond donors (Lipinski definition) is 3. The summed E-state index contributed by atoms with van der Waals surface area (Å²) in [5, 5.41) is 14.7. The van der Waals surface area contributed by atoms with Crippen molar-refractivity contribution in [2.24, 2.45) is 16.8 Å². The van der Waals surface area contributed by atoms with Crippen LogP contribution < -0.4 is 11.1 Å². The lowest BCUT2D eigenvalue weighted by atomic mass is 10.2. The highest BCUT2D eigenvalue weighted by atomic mass is 32.2. The lowest BCUT2D eigenvalue weighted by molar-refractivity contribution is 0.318. The summed E-state index contributed by atoms with van der Waals surface area (Å²) in [6.07, 6.45) is 2.46. The number of nitrogens with zero attached hydrogens (tertiary/aromatic N) is 1. The molecule has 21 heavy (non-hydrogen) atoms. The van der Waals surface area contributed by atoms with Crippen LogP contribution in [0.1, 0.15) is 25.3 Å². The smallest absolute Gasteiger partial charge is 0.179 e. The number of nitrogens with two attached hydrogens (primary N) is 1.